The first kappa shape index (κ1) is 25.6. The summed E-state index contributed by atoms with van der Waals surface area (Å²) in [6.45, 7) is -0.246. The summed E-state index contributed by atoms with van der Waals surface area (Å²) >= 11 is 0. The number of aromatic nitrogens is 1. The van der Waals surface area contributed by atoms with Crippen LogP contribution in [-0.4, -0.2) is 36.2 Å². The first-order chi connectivity index (χ1) is 20.0. The summed E-state index contributed by atoms with van der Waals surface area (Å²) in [5.41, 5.74) is 2.27. The molecule has 0 unspecified atom stereocenters. The molecule has 0 fully saturated rings. The molecule has 0 saturated heterocycles. The number of nitrogens with zero attached hydrogens (tertiary/aromatic N) is 1. The van der Waals surface area contributed by atoms with E-state index >= 15 is 0 Å². The molecule has 8 heteroatoms. The molecule has 2 N–H and O–H groups in total. The van der Waals surface area contributed by atoms with Gasteiger partial charge in [0.2, 0.25) is 0 Å². The van der Waals surface area contributed by atoms with E-state index in [1.165, 1.54) is 19.2 Å². The maximum Gasteiger partial charge on any atom is 0.337 e. The summed E-state index contributed by atoms with van der Waals surface area (Å²) in [7, 11) is 1.27. The molecule has 5 aromatic carbocycles. The fourth-order valence-corrected chi connectivity index (χ4v) is 4.93. The van der Waals surface area contributed by atoms with Crippen molar-refractivity contribution in [2.24, 2.45) is 0 Å². The zero-order valence-electron chi connectivity index (χ0n) is 22.1. The summed E-state index contributed by atoms with van der Waals surface area (Å²) in [6, 6.07) is 32.9. The lowest BCUT2D eigenvalue weighted by atomic mass is 10.1. The van der Waals surface area contributed by atoms with Gasteiger partial charge in [-0.3, -0.25) is 9.36 Å². The van der Waals surface area contributed by atoms with Crippen LogP contribution in [-0.2, 0) is 9.53 Å². The van der Waals surface area contributed by atoms with Crippen molar-refractivity contribution in [2.75, 3.05) is 24.4 Å². The van der Waals surface area contributed by atoms with E-state index in [9.17, 15) is 14.4 Å². The Kier molecular flexibility index (Phi) is 6.79. The number of fused-ring (bicyclic) bond motifs is 4. The standard InChI is InChI=1S/C33H25N3O5/c1-40-32(38)23-16-24(34-31(37)20-41-26-15-14-21-8-2-3-9-22(21)18-26)19-25(17-23)35-33(39)36-29-12-6-4-10-27(29)28-11-5-7-13-30(28)36/h2-19H,20H2,1H3,(H,34,37)(H,35,39). The van der Waals surface area contributed by atoms with Gasteiger partial charge in [0.1, 0.15) is 5.75 Å². The highest BCUT2D eigenvalue weighted by Gasteiger charge is 2.17. The molecule has 0 spiro atoms. The number of anilines is 2. The van der Waals surface area contributed by atoms with E-state index in [0.29, 0.717) is 17.1 Å². The van der Waals surface area contributed by atoms with Crippen molar-refractivity contribution in [2.45, 2.75) is 0 Å². The number of carbonyl (C=O) groups excluding carboxylic acids is 3. The highest BCUT2D eigenvalue weighted by atomic mass is 16.5. The van der Waals surface area contributed by atoms with Crippen LogP contribution < -0.4 is 15.4 Å². The number of ether oxygens (including phenoxy) is 2. The van der Waals surface area contributed by atoms with Crippen LogP contribution in [0.3, 0.4) is 0 Å². The van der Waals surface area contributed by atoms with Gasteiger partial charge in [-0.25, -0.2) is 9.59 Å². The molecule has 202 valence electrons. The van der Waals surface area contributed by atoms with Crippen molar-refractivity contribution in [1.82, 2.24) is 4.57 Å². The molecule has 1 heterocycles. The van der Waals surface area contributed by atoms with Crippen molar-refractivity contribution >= 4 is 61.9 Å². The lowest BCUT2D eigenvalue weighted by Gasteiger charge is -2.13. The van der Waals surface area contributed by atoms with E-state index < -0.39 is 17.9 Å². The highest BCUT2D eigenvalue weighted by Crippen LogP contribution is 2.29. The number of methoxy groups -OCH3 is 1. The zero-order chi connectivity index (χ0) is 28.3. The van der Waals surface area contributed by atoms with Gasteiger partial charge < -0.3 is 20.1 Å². The number of para-hydroxylation sites is 2. The summed E-state index contributed by atoms with van der Waals surface area (Å²) < 4.78 is 12.2. The van der Waals surface area contributed by atoms with E-state index in [4.69, 9.17) is 9.47 Å². The second-order valence-electron chi connectivity index (χ2n) is 9.44. The van der Waals surface area contributed by atoms with Crippen LogP contribution >= 0.6 is 0 Å². The van der Waals surface area contributed by atoms with Gasteiger partial charge in [-0.05, 0) is 53.2 Å². The maximum absolute atomic E-state index is 13.6. The normalized spacial score (nSPS) is 11.0. The van der Waals surface area contributed by atoms with Crippen LogP contribution in [0.25, 0.3) is 32.6 Å². The van der Waals surface area contributed by atoms with Crippen molar-refractivity contribution in [1.29, 1.82) is 0 Å². The average Bonchev–Trinajstić information content (AvgIpc) is 3.34. The van der Waals surface area contributed by atoms with Gasteiger partial charge in [0.15, 0.2) is 6.61 Å². The largest absolute Gasteiger partial charge is 0.484 e. The molecule has 0 radical (unpaired) electrons. The third kappa shape index (κ3) is 5.18. The molecule has 1 aromatic heterocycles. The van der Waals surface area contributed by atoms with Gasteiger partial charge in [0.05, 0.1) is 23.7 Å². The highest BCUT2D eigenvalue weighted by molar-refractivity contribution is 6.15. The second-order valence-corrected chi connectivity index (χ2v) is 9.44. The number of carbonyl (C=O) groups is 3. The monoisotopic (exact) mass is 543 g/mol. The van der Waals surface area contributed by atoms with Crippen LogP contribution in [0.15, 0.2) is 109 Å². The molecule has 0 atom stereocenters. The Morgan fingerprint density at radius 2 is 1.29 bits per heavy atom. The third-order valence-electron chi connectivity index (χ3n) is 6.76. The van der Waals surface area contributed by atoms with Gasteiger partial charge in [0, 0.05) is 22.1 Å². The van der Waals surface area contributed by atoms with Crippen molar-refractivity contribution in [3.63, 3.8) is 0 Å². The predicted octanol–water partition coefficient (Wildman–Crippen LogP) is 6.83. The fraction of sp³-hybridized carbons (Fsp3) is 0.0606. The number of benzene rings is 5. The van der Waals surface area contributed by atoms with Crippen LogP contribution in [0.2, 0.25) is 0 Å². The minimum absolute atomic E-state index is 0.165. The molecule has 0 aliphatic carbocycles. The topological polar surface area (TPSA) is 98.7 Å². The minimum Gasteiger partial charge on any atom is -0.484 e. The Bertz CT molecular complexity index is 1910. The Labute approximate surface area is 235 Å². The van der Waals surface area contributed by atoms with Crippen molar-refractivity contribution < 1.29 is 23.9 Å². The second kappa shape index (κ2) is 10.9. The number of amides is 2. The van der Waals surface area contributed by atoms with E-state index in [2.05, 4.69) is 10.6 Å². The Morgan fingerprint density at radius 3 is 1.98 bits per heavy atom. The van der Waals surface area contributed by atoms with Crippen LogP contribution in [0, 0.1) is 0 Å². The first-order valence-corrected chi connectivity index (χ1v) is 12.9. The molecule has 0 bridgehead atoms. The van der Waals surface area contributed by atoms with Crippen molar-refractivity contribution in [3.05, 3.63) is 115 Å². The van der Waals surface area contributed by atoms with E-state index in [-0.39, 0.29) is 12.2 Å². The Balaban J connectivity index is 1.24. The quantitative estimate of drug-likeness (QED) is 0.224. The lowest BCUT2D eigenvalue weighted by Crippen LogP contribution is -2.22. The molecule has 0 saturated carbocycles. The van der Waals surface area contributed by atoms with Gasteiger partial charge in [-0.2, -0.15) is 0 Å². The van der Waals surface area contributed by atoms with E-state index in [1.807, 2.05) is 84.9 Å². The average molecular weight is 544 g/mol. The van der Waals surface area contributed by atoms with Crippen LogP contribution in [0.5, 0.6) is 5.75 Å². The molecular weight excluding hydrogens is 518 g/mol. The molecular formula is C33H25N3O5. The number of esters is 1. The number of hydrogen-bond acceptors (Lipinski definition) is 5. The summed E-state index contributed by atoms with van der Waals surface area (Å²) in [4.78, 5) is 38.7. The van der Waals surface area contributed by atoms with E-state index in [1.54, 1.807) is 16.7 Å². The van der Waals surface area contributed by atoms with Crippen molar-refractivity contribution in [3.8, 4) is 5.75 Å². The van der Waals surface area contributed by atoms with Gasteiger partial charge >= 0.3 is 12.0 Å². The summed E-state index contributed by atoms with van der Waals surface area (Å²) in [5.74, 6) is -0.484. The fourth-order valence-electron chi connectivity index (χ4n) is 4.93. The molecule has 6 aromatic rings. The third-order valence-corrected chi connectivity index (χ3v) is 6.76. The molecule has 6 rings (SSSR count). The Morgan fingerprint density at radius 1 is 0.683 bits per heavy atom. The number of hydrogen-bond donors (Lipinski definition) is 2. The summed E-state index contributed by atoms with van der Waals surface area (Å²) in [6.07, 6.45) is 0. The molecule has 2 amide bonds. The molecule has 0 aliphatic rings. The van der Waals surface area contributed by atoms with Gasteiger partial charge in [-0.1, -0.05) is 66.7 Å². The molecule has 41 heavy (non-hydrogen) atoms. The lowest BCUT2D eigenvalue weighted by molar-refractivity contribution is -0.118. The zero-order valence-corrected chi connectivity index (χ0v) is 22.1. The van der Waals surface area contributed by atoms with Gasteiger partial charge in [-0.15, -0.1) is 0 Å². The smallest absolute Gasteiger partial charge is 0.337 e. The maximum atomic E-state index is 13.6. The molecule has 0 aliphatic heterocycles. The Hall–Kier alpha value is -5.63. The SMILES string of the molecule is COC(=O)c1cc(NC(=O)COc2ccc3ccccc3c2)cc(NC(=O)n2c3ccccc3c3ccccc32)c1. The summed E-state index contributed by atoms with van der Waals surface area (Å²) in [5, 5.41) is 9.58. The predicted molar refractivity (Wildman–Crippen MR) is 160 cm³/mol. The van der Waals surface area contributed by atoms with Crippen LogP contribution in [0.1, 0.15) is 10.4 Å². The molecule has 8 nitrogen and oxygen atoms in total. The van der Waals surface area contributed by atoms with E-state index in [0.717, 1.165) is 32.6 Å². The van der Waals surface area contributed by atoms with Crippen LogP contribution in [0.4, 0.5) is 16.2 Å². The number of nitrogens with one attached hydrogen (secondary N) is 2. The minimum atomic E-state index is -0.610. The first-order valence-electron chi connectivity index (χ1n) is 12.9. The number of rotatable bonds is 6. The van der Waals surface area contributed by atoms with Gasteiger partial charge in [0.25, 0.3) is 5.91 Å².